The van der Waals surface area contributed by atoms with E-state index in [4.69, 9.17) is 0 Å². The molecule has 0 saturated heterocycles. The molecule has 1 atom stereocenters. The Morgan fingerprint density at radius 1 is 1.26 bits per heavy atom. The zero-order valence-electron chi connectivity index (χ0n) is 21.7. The monoisotopic (exact) mass is 513 g/mol. The maximum Gasteiger partial charge on any atom is 0.235 e. The van der Waals surface area contributed by atoms with Gasteiger partial charge in [-0.05, 0) is 48.5 Å². The van der Waals surface area contributed by atoms with E-state index in [0.717, 1.165) is 54.6 Å². The SMILES string of the molecule is CCC(C)(C)C1CCc2c(sc(NC(=O)CSc3nnc(CCC4CCCCC4)n3C)c2C#N)C1. The molecule has 1 unspecified atom stereocenters. The van der Waals surface area contributed by atoms with Gasteiger partial charge in [-0.1, -0.05) is 71.1 Å². The molecule has 0 bridgehead atoms. The first-order chi connectivity index (χ1) is 16.8. The fourth-order valence-corrected chi connectivity index (χ4v) is 7.56. The number of hydrogen-bond donors (Lipinski definition) is 1. The highest BCUT2D eigenvalue weighted by molar-refractivity contribution is 7.99. The summed E-state index contributed by atoms with van der Waals surface area (Å²) in [7, 11) is 1.99. The minimum Gasteiger partial charge on any atom is -0.316 e. The van der Waals surface area contributed by atoms with Gasteiger partial charge in [-0.15, -0.1) is 21.5 Å². The summed E-state index contributed by atoms with van der Waals surface area (Å²) in [5.74, 6) is 2.60. The molecule has 8 heteroatoms. The summed E-state index contributed by atoms with van der Waals surface area (Å²) in [6, 6.07) is 2.37. The van der Waals surface area contributed by atoms with Crippen molar-refractivity contribution in [3.63, 3.8) is 0 Å². The van der Waals surface area contributed by atoms with Gasteiger partial charge in [0.05, 0.1) is 11.3 Å². The number of hydrogen-bond acceptors (Lipinski definition) is 6. The average Bonchev–Trinajstić information content (AvgIpc) is 3.40. The molecule has 6 nitrogen and oxygen atoms in total. The van der Waals surface area contributed by atoms with Crippen molar-refractivity contribution in [2.75, 3.05) is 11.1 Å². The van der Waals surface area contributed by atoms with Crippen molar-refractivity contribution >= 4 is 34.0 Å². The van der Waals surface area contributed by atoms with Gasteiger partial charge in [0.25, 0.3) is 0 Å². The van der Waals surface area contributed by atoms with E-state index in [1.54, 1.807) is 11.3 Å². The molecule has 1 amide bonds. The molecule has 2 aromatic heterocycles. The Morgan fingerprint density at radius 2 is 2.03 bits per heavy atom. The summed E-state index contributed by atoms with van der Waals surface area (Å²) in [6.07, 6.45) is 13.1. The fourth-order valence-electron chi connectivity index (χ4n) is 5.54. The van der Waals surface area contributed by atoms with Crippen molar-refractivity contribution < 1.29 is 4.79 Å². The van der Waals surface area contributed by atoms with Crippen LogP contribution in [-0.4, -0.2) is 26.4 Å². The van der Waals surface area contributed by atoms with Crippen LogP contribution in [0.4, 0.5) is 5.00 Å². The van der Waals surface area contributed by atoms with Crippen LogP contribution in [0, 0.1) is 28.6 Å². The van der Waals surface area contributed by atoms with Gasteiger partial charge in [-0.2, -0.15) is 5.26 Å². The zero-order chi connectivity index (χ0) is 25.0. The molecule has 0 spiro atoms. The summed E-state index contributed by atoms with van der Waals surface area (Å²) >= 11 is 3.01. The van der Waals surface area contributed by atoms with Crippen LogP contribution in [-0.2, 0) is 31.1 Å². The molecule has 2 aromatic rings. The molecule has 0 aromatic carbocycles. The Morgan fingerprint density at radius 3 is 2.74 bits per heavy atom. The van der Waals surface area contributed by atoms with Gasteiger partial charge < -0.3 is 9.88 Å². The highest BCUT2D eigenvalue weighted by atomic mass is 32.2. The second-order valence-electron chi connectivity index (χ2n) is 10.9. The summed E-state index contributed by atoms with van der Waals surface area (Å²) in [6.45, 7) is 6.94. The van der Waals surface area contributed by atoms with Gasteiger partial charge in [0, 0.05) is 18.3 Å². The number of thiophene rings is 1. The molecule has 2 aliphatic carbocycles. The van der Waals surface area contributed by atoms with E-state index in [0.29, 0.717) is 21.9 Å². The predicted octanol–water partition coefficient (Wildman–Crippen LogP) is 6.53. The lowest BCUT2D eigenvalue weighted by molar-refractivity contribution is -0.113. The topological polar surface area (TPSA) is 83.6 Å². The smallest absolute Gasteiger partial charge is 0.235 e. The minimum atomic E-state index is -0.0951. The Balaban J connectivity index is 1.33. The third kappa shape index (κ3) is 6.11. The predicted molar refractivity (Wildman–Crippen MR) is 144 cm³/mol. The number of amides is 1. The molecule has 35 heavy (non-hydrogen) atoms. The van der Waals surface area contributed by atoms with Crippen LogP contribution in [0.15, 0.2) is 5.16 Å². The second-order valence-corrected chi connectivity index (χ2v) is 13.0. The largest absolute Gasteiger partial charge is 0.316 e. The number of carbonyl (C=O) groups is 1. The van der Waals surface area contributed by atoms with Crippen LogP contribution in [0.25, 0.3) is 0 Å². The molecule has 4 rings (SSSR count). The Bertz CT molecular complexity index is 1070. The van der Waals surface area contributed by atoms with Crippen molar-refractivity contribution in [2.24, 2.45) is 24.3 Å². The Hall–Kier alpha value is -1.85. The number of rotatable bonds is 9. The van der Waals surface area contributed by atoms with Gasteiger partial charge in [-0.3, -0.25) is 4.79 Å². The lowest BCUT2D eigenvalue weighted by Gasteiger charge is -2.36. The highest BCUT2D eigenvalue weighted by Gasteiger charge is 2.34. The number of aryl methyl sites for hydroxylation is 1. The maximum atomic E-state index is 12.8. The van der Waals surface area contributed by atoms with E-state index < -0.39 is 0 Å². The Labute approximate surface area is 218 Å². The van der Waals surface area contributed by atoms with Crippen molar-refractivity contribution in [3.05, 3.63) is 21.8 Å². The lowest BCUT2D eigenvalue weighted by Crippen LogP contribution is -2.28. The summed E-state index contributed by atoms with van der Waals surface area (Å²) in [4.78, 5) is 14.1. The molecule has 0 radical (unpaired) electrons. The summed E-state index contributed by atoms with van der Waals surface area (Å²) in [5.41, 5.74) is 2.11. The van der Waals surface area contributed by atoms with Crippen LogP contribution < -0.4 is 5.32 Å². The molecule has 2 heterocycles. The van der Waals surface area contributed by atoms with Crippen LogP contribution in [0.5, 0.6) is 0 Å². The van der Waals surface area contributed by atoms with Gasteiger partial charge in [0.15, 0.2) is 5.16 Å². The number of anilines is 1. The fraction of sp³-hybridized carbons (Fsp3) is 0.704. The van der Waals surface area contributed by atoms with Crippen molar-refractivity contribution in [3.8, 4) is 6.07 Å². The van der Waals surface area contributed by atoms with Crippen molar-refractivity contribution in [1.82, 2.24) is 14.8 Å². The first kappa shape index (κ1) is 26.2. The minimum absolute atomic E-state index is 0.0951. The molecular formula is C27H39N5OS2. The first-order valence-electron chi connectivity index (χ1n) is 13.2. The molecule has 190 valence electrons. The van der Waals surface area contributed by atoms with Crippen molar-refractivity contribution in [1.29, 1.82) is 5.26 Å². The molecule has 2 aliphatic rings. The first-order valence-corrected chi connectivity index (χ1v) is 15.0. The van der Waals surface area contributed by atoms with Gasteiger partial charge in [-0.25, -0.2) is 0 Å². The standard InChI is InChI=1S/C27H39N5OS2/c1-5-27(2,3)19-12-13-20-21(16-28)25(35-22(20)15-19)29-24(33)17-34-26-31-30-23(32(26)4)14-11-18-9-7-6-8-10-18/h18-19H,5-15,17H2,1-4H3,(H,29,33). The Kier molecular flexibility index (Phi) is 8.59. The van der Waals surface area contributed by atoms with Crippen molar-refractivity contribution in [2.45, 2.75) is 96.6 Å². The number of nitriles is 1. The van der Waals surface area contributed by atoms with E-state index in [1.165, 1.54) is 55.2 Å². The van der Waals surface area contributed by atoms with Crippen LogP contribution >= 0.6 is 23.1 Å². The number of nitrogens with one attached hydrogen (secondary N) is 1. The molecule has 1 N–H and O–H groups in total. The molecule has 1 saturated carbocycles. The number of nitrogens with zero attached hydrogens (tertiary/aromatic N) is 4. The number of thioether (sulfide) groups is 1. The molecular weight excluding hydrogens is 474 g/mol. The van der Waals surface area contributed by atoms with E-state index in [1.807, 2.05) is 11.6 Å². The van der Waals surface area contributed by atoms with E-state index >= 15 is 0 Å². The van der Waals surface area contributed by atoms with Crippen LogP contribution in [0.1, 0.15) is 94.0 Å². The van der Waals surface area contributed by atoms with E-state index in [9.17, 15) is 10.1 Å². The maximum absolute atomic E-state index is 12.8. The zero-order valence-corrected chi connectivity index (χ0v) is 23.3. The lowest BCUT2D eigenvalue weighted by atomic mass is 9.69. The third-order valence-electron chi connectivity index (χ3n) is 8.40. The van der Waals surface area contributed by atoms with Crippen LogP contribution in [0.2, 0.25) is 0 Å². The van der Waals surface area contributed by atoms with Gasteiger partial charge in [0.1, 0.15) is 16.9 Å². The summed E-state index contributed by atoms with van der Waals surface area (Å²) < 4.78 is 2.03. The van der Waals surface area contributed by atoms with E-state index in [-0.39, 0.29) is 11.7 Å². The second kappa shape index (κ2) is 11.5. The normalized spacial score (nSPS) is 18.8. The number of fused-ring (bicyclic) bond motifs is 1. The highest BCUT2D eigenvalue weighted by Crippen LogP contribution is 2.45. The van der Waals surface area contributed by atoms with E-state index in [2.05, 4.69) is 42.4 Å². The van der Waals surface area contributed by atoms with Crippen LogP contribution in [0.3, 0.4) is 0 Å². The molecule has 0 aliphatic heterocycles. The average molecular weight is 514 g/mol. The number of carbonyl (C=O) groups excluding carboxylic acids is 1. The summed E-state index contributed by atoms with van der Waals surface area (Å²) in [5, 5.41) is 23.1. The number of aromatic nitrogens is 3. The molecule has 1 fully saturated rings. The third-order valence-corrected chi connectivity index (χ3v) is 10.6. The van der Waals surface area contributed by atoms with Gasteiger partial charge in [0.2, 0.25) is 5.91 Å². The van der Waals surface area contributed by atoms with Gasteiger partial charge >= 0.3 is 0 Å². The quantitative estimate of drug-likeness (QED) is 0.385.